The molecule has 4 nitrogen and oxygen atoms in total. The van der Waals surface area contributed by atoms with Crippen molar-refractivity contribution < 1.29 is 9.63 Å². The first kappa shape index (κ1) is 9.93. The second-order valence-corrected chi connectivity index (χ2v) is 4.20. The van der Waals surface area contributed by atoms with Crippen LogP contribution >= 0.6 is 0 Å². The van der Waals surface area contributed by atoms with Crippen molar-refractivity contribution in [3.05, 3.63) is 0 Å². The fourth-order valence-electron chi connectivity index (χ4n) is 2.15. The van der Waals surface area contributed by atoms with Gasteiger partial charge in [0.15, 0.2) is 0 Å². The average molecular weight is 198 g/mol. The number of hydroxylamine groups is 1. The molecule has 2 fully saturated rings. The lowest BCUT2D eigenvalue weighted by Crippen LogP contribution is -2.41. The summed E-state index contributed by atoms with van der Waals surface area (Å²) in [5.74, 6) is 0.478. The van der Waals surface area contributed by atoms with Crippen molar-refractivity contribution in [3.63, 3.8) is 0 Å². The van der Waals surface area contributed by atoms with Gasteiger partial charge in [0.2, 0.25) is 5.91 Å². The summed E-state index contributed by atoms with van der Waals surface area (Å²) >= 11 is 0. The highest BCUT2D eigenvalue weighted by Crippen LogP contribution is 2.23. The minimum atomic E-state index is 0.171. The molecule has 4 heteroatoms. The van der Waals surface area contributed by atoms with Crippen LogP contribution in [0.2, 0.25) is 0 Å². The molecule has 1 saturated heterocycles. The van der Waals surface area contributed by atoms with Gasteiger partial charge in [-0.3, -0.25) is 9.63 Å². The van der Waals surface area contributed by atoms with Gasteiger partial charge in [0.1, 0.15) is 0 Å². The Morgan fingerprint density at radius 2 is 2.07 bits per heavy atom. The van der Waals surface area contributed by atoms with Crippen molar-refractivity contribution in [1.29, 1.82) is 0 Å². The van der Waals surface area contributed by atoms with Gasteiger partial charge in [-0.05, 0) is 12.8 Å². The monoisotopic (exact) mass is 198 g/mol. The fraction of sp³-hybridized carbons (Fsp3) is 0.900. The number of carbonyl (C=O) groups excluding carboxylic acids is 1. The maximum Gasteiger partial charge on any atom is 0.223 e. The second kappa shape index (κ2) is 4.75. The number of carbonyl (C=O) groups is 1. The lowest BCUT2D eigenvalue weighted by atomic mass is 9.88. The molecule has 1 saturated carbocycles. The number of hydrogen-bond donors (Lipinski definition) is 2. The molecule has 14 heavy (non-hydrogen) atoms. The summed E-state index contributed by atoms with van der Waals surface area (Å²) in [4.78, 5) is 16.7. The summed E-state index contributed by atoms with van der Waals surface area (Å²) in [6.45, 7) is 1.33. The summed E-state index contributed by atoms with van der Waals surface area (Å²) in [6.07, 6.45) is 5.83. The molecule has 1 aliphatic heterocycles. The van der Waals surface area contributed by atoms with Crippen molar-refractivity contribution in [2.75, 3.05) is 13.2 Å². The Labute approximate surface area is 84.3 Å². The topological polar surface area (TPSA) is 50.4 Å². The lowest BCUT2D eigenvalue weighted by molar-refractivity contribution is -0.126. The Bertz CT molecular complexity index is 196. The minimum Gasteiger partial charge on any atom is -0.349 e. The van der Waals surface area contributed by atoms with Crippen molar-refractivity contribution in [2.24, 2.45) is 5.92 Å². The van der Waals surface area contributed by atoms with Crippen LogP contribution in [0.15, 0.2) is 0 Å². The SMILES string of the molecule is O=C(N[C@H]1CNOC1)C1CCCCC1. The molecule has 2 N–H and O–H groups in total. The van der Waals surface area contributed by atoms with E-state index in [1.807, 2.05) is 0 Å². The first-order chi connectivity index (χ1) is 6.86. The van der Waals surface area contributed by atoms with Gasteiger partial charge in [-0.2, -0.15) is 0 Å². The van der Waals surface area contributed by atoms with Crippen LogP contribution in [-0.2, 0) is 9.63 Å². The molecule has 2 rings (SSSR count). The van der Waals surface area contributed by atoms with Crippen LogP contribution in [0.25, 0.3) is 0 Å². The highest BCUT2D eigenvalue weighted by molar-refractivity contribution is 5.79. The third kappa shape index (κ3) is 2.45. The van der Waals surface area contributed by atoms with Gasteiger partial charge < -0.3 is 5.32 Å². The normalized spacial score (nSPS) is 29.0. The van der Waals surface area contributed by atoms with Crippen LogP contribution in [0.5, 0.6) is 0 Å². The van der Waals surface area contributed by atoms with Gasteiger partial charge in [-0.25, -0.2) is 5.48 Å². The number of rotatable bonds is 2. The van der Waals surface area contributed by atoms with E-state index in [2.05, 4.69) is 10.8 Å². The predicted molar refractivity (Wildman–Crippen MR) is 52.5 cm³/mol. The first-order valence-electron chi connectivity index (χ1n) is 5.51. The molecule has 0 aromatic rings. The molecule has 1 amide bonds. The Morgan fingerprint density at radius 3 is 2.71 bits per heavy atom. The largest absolute Gasteiger partial charge is 0.349 e. The van der Waals surface area contributed by atoms with Crippen molar-refractivity contribution in [2.45, 2.75) is 38.1 Å². The molecule has 0 spiro atoms. The van der Waals surface area contributed by atoms with E-state index in [9.17, 15) is 4.79 Å². The zero-order valence-corrected chi connectivity index (χ0v) is 8.42. The Kier molecular flexibility index (Phi) is 3.37. The average Bonchev–Trinajstić information content (AvgIpc) is 2.72. The standard InChI is InChI=1S/C10H18N2O2/c13-10(8-4-2-1-3-5-8)12-9-6-11-14-7-9/h8-9,11H,1-7H2,(H,12,13)/t9-/m0/s1. The molecule has 0 aromatic carbocycles. The van der Waals surface area contributed by atoms with Gasteiger partial charge >= 0.3 is 0 Å². The summed E-state index contributed by atoms with van der Waals surface area (Å²) in [7, 11) is 0. The van der Waals surface area contributed by atoms with E-state index in [-0.39, 0.29) is 17.9 Å². The van der Waals surface area contributed by atoms with Crippen LogP contribution in [-0.4, -0.2) is 25.1 Å². The van der Waals surface area contributed by atoms with E-state index < -0.39 is 0 Å². The maximum atomic E-state index is 11.8. The number of nitrogens with one attached hydrogen (secondary N) is 2. The minimum absolute atomic E-state index is 0.171. The van der Waals surface area contributed by atoms with Crippen molar-refractivity contribution in [3.8, 4) is 0 Å². The molecule has 1 aliphatic carbocycles. The third-order valence-electron chi connectivity index (χ3n) is 3.04. The Hall–Kier alpha value is -0.610. The molecule has 80 valence electrons. The van der Waals surface area contributed by atoms with Crippen LogP contribution in [0, 0.1) is 5.92 Å². The van der Waals surface area contributed by atoms with Crippen LogP contribution in [0.4, 0.5) is 0 Å². The maximum absolute atomic E-state index is 11.8. The molecule has 0 unspecified atom stereocenters. The van der Waals surface area contributed by atoms with E-state index in [0.717, 1.165) is 19.4 Å². The number of amides is 1. The smallest absolute Gasteiger partial charge is 0.223 e. The quantitative estimate of drug-likeness (QED) is 0.682. The van der Waals surface area contributed by atoms with Crippen LogP contribution in [0.3, 0.4) is 0 Å². The molecule has 0 bridgehead atoms. The van der Waals surface area contributed by atoms with E-state index in [1.165, 1.54) is 19.3 Å². The van der Waals surface area contributed by atoms with Gasteiger partial charge in [0.25, 0.3) is 0 Å². The molecule has 0 aromatic heterocycles. The zero-order chi connectivity index (χ0) is 9.80. The third-order valence-corrected chi connectivity index (χ3v) is 3.04. The van der Waals surface area contributed by atoms with Crippen LogP contribution in [0.1, 0.15) is 32.1 Å². The highest BCUT2D eigenvalue weighted by Gasteiger charge is 2.24. The van der Waals surface area contributed by atoms with E-state index in [4.69, 9.17) is 4.84 Å². The summed E-state index contributed by atoms with van der Waals surface area (Å²) in [6, 6.07) is 0.171. The predicted octanol–water partition coefficient (Wildman–Crippen LogP) is 0.586. The van der Waals surface area contributed by atoms with Gasteiger partial charge in [-0.1, -0.05) is 19.3 Å². The van der Waals surface area contributed by atoms with Gasteiger partial charge in [0.05, 0.1) is 12.6 Å². The van der Waals surface area contributed by atoms with Crippen molar-refractivity contribution >= 4 is 5.91 Å². The zero-order valence-electron chi connectivity index (χ0n) is 8.42. The Morgan fingerprint density at radius 1 is 1.29 bits per heavy atom. The van der Waals surface area contributed by atoms with Gasteiger partial charge in [0, 0.05) is 12.5 Å². The lowest BCUT2D eigenvalue weighted by Gasteiger charge is -2.22. The molecule has 2 aliphatic rings. The van der Waals surface area contributed by atoms with E-state index in [1.54, 1.807) is 0 Å². The van der Waals surface area contributed by atoms with Crippen LogP contribution < -0.4 is 10.8 Å². The van der Waals surface area contributed by atoms with Crippen molar-refractivity contribution in [1.82, 2.24) is 10.8 Å². The molecule has 1 heterocycles. The summed E-state index contributed by atoms with van der Waals surface area (Å²) in [5, 5.41) is 3.02. The fourth-order valence-corrected chi connectivity index (χ4v) is 2.15. The Balaban J connectivity index is 1.75. The molecule has 1 atom stereocenters. The summed E-state index contributed by atoms with van der Waals surface area (Å²) < 4.78 is 0. The van der Waals surface area contributed by atoms with E-state index in [0.29, 0.717) is 6.61 Å². The van der Waals surface area contributed by atoms with E-state index >= 15 is 0 Å². The molecular weight excluding hydrogens is 180 g/mol. The molecule has 0 radical (unpaired) electrons. The highest BCUT2D eigenvalue weighted by atomic mass is 16.7. The van der Waals surface area contributed by atoms with Gasteiger partial charge in [-0.15, -0.1) is 0 Å². The summed E-state index contributed by atoms with van der Waals surface area (Å²) in [5.41, 5.74) is 2.77. The second-order valence-electron chi connectivity index (χ2n) is 4.20. The first-order valence-corrected chi connectivity index (χ1v) is 5.51. The number of hydrogen-bond acceptors (Lipinski definition) is 3. The molecular formula is C10H18N2O2.